The molecule has 0 aromatic rings. The van der Waals surface area contributed by atoms with Crippen LogP contribution in [0.3, 0.4) is 0 Å². The highest BCUT2D eigenvalue weighted by Gasteiger charge is 2.66. The van der Waals surface area contributed by atoms with Gasteiger partial charge in [-0.3, -0.25) is 9.59 Å². The Balaban J connectivity index is 1.87. The molecular formula is C20H32O4. The van der Waals surface area contributed by atoms with Crippen LogP contribution in [0.2, 0.25) is 0 Å². The van der Waals surface area contributed by atoms with Crippen molar-refractivity contribution in [3.05, 3.63) is 0 Å². The molecule has 4 heteroatoms. The number of carbonyl (C=O) groups excluding carboxylic acids is 2. The van der Waals surface area contributed by atoms with Gasteiger partial charge >= 0.3 is 11.9 Å². The summed E-state index contributed by atoms with van der Waals surface area (Å²) in [7, 11) is 0. The first kappa shape index (κ1) is 17.8. The first-order valence-corrected chi connectivity index (χ1v) is 9.46. The normalized spacial score (nSPS) is 42.8. The van der Waals surface area contributed by atoms with Crippen molar-refractivity contribution >= 4 is 11.9 Å². The first-order chi connectivity index (χ1) is 11.2. The molecule has 0 saturated heterocycles. The van der Waals surface area contributed by atoms with E-state index >= 15 is 0 Å². The zero-order chi connectivity index (χ0) is 17.6. The van der Waals surface area contributed by atoms with Crippen LogP contribution in [0.5, 0.6) is 0 Å². The minimum atomic E-state index is -0.0714. The second kappa shape index (κ2) is 5.74. The van der Waals surface area contributed by atoms with Crippen molar-refractivity contribution in [1.29, 1.82) is 0 Å². The van der Waals surface area contributed by atoms with E-state index in [-0.39, 0.29) is 33.6 Å². The topological polar surface area (TPSA) is 52.6 Å². The number of hydrogen-bond acceptors (Lipinski definition) is 4. The fraction of sp³-hybridized carbons (Fsp3) is 0.900. The number of esters is 2. The largest absolute Gasteiger partial charge is 0.466 e. The van der Waals surface area contributed by atoms with E-state index in [1.807, 2.05) is 13.8 Å². The number of hydrogen-bond donors (Lipinski definition) is 0. The van der Waals surface area contributed by atoms with Gasteiger partial charge in [0.2, 0.25) is 0 Å². The summed E-state index contributed by atoms with van der Waals surface area (Å²) in [5.41, 5.74) is 0.499. The van der Waals surface area contributed by atoms with Gasteiger partial charge in [-0.1, -0.05) is 13.8 Å². The van der Waals surface area contributed by atoms with E-state index in [1.54, 1.807) is 0 Å². The van der Waals surface area contributed by atoms with Crippen LogP contribution in [-0.4, -0.2) is 25.2 Å². The molecule has 0 atom stereocenters. The molecule has 0 aromatic heterocycles. The molecule has 4 rings (SSSR count). The van der Waals surface area contributed by atoms with E-state index in [9.17, 15) is 9.59 Å². The Morgan fingerprint density at radius 2 is 1.08 bits per heavy atom. The molecule has 0 aromatic carbocycles. The van der Waals surface area contributed by atoms with E-state index in [1.165, 1.54) is 6.42 Å². The predicted molar refractivity (Wildman–Crippen MR) is 91.3 cm³/mol. The molecule has 4 saturated carbocycles. The summed E-state index contributed by atoms with van der Waals surface area (Å²) in [5, 5.41) is 0. The van der Waals surface area contributed by atoms with Crippen LogP contribution in [0.1, 0.15) is 79.1 Å². The lowest BCUT2D eigenvalue weighted by atomic mass is 9.35. The lowest BCUT2D eigenvalue weighted by molar-refractivity contribution is -0.203. The highest BCUT2D eigenvalue weighted by Crippen LogP contribution is 2.75. The molecule has 0 heterocycles. The summed E-state index contributed by atoms with van der Waals surface area (Å²) in [6, 6.07) is 0. The third kappa shape index (κ3) is 3.21. The molecule has 0 aliphatic heterocycles. The summed E-state index contributed by atoms with van der Waals surface area (Å²) < 4.78 is 10.5. The Bertz CT molecular complexity index is 478. The Morgan fingerprint density at radius 1 is 0.708 bits per heavy atom. The zero-order valence-electron chi connectivity index (χ0n) is 15.7. The molecule has 4 fully saturated rings. The molecule has 4 aliphatic carbocycles. The van der Waals surface area contributed by atoms with Crippen molar-refractivity contribution in [2.75, 3.05) is 13.2 Å². The number of ether oxygens (including phenoxy) is 2. The maximum Gasteiger partial charge on any atom is 0.306 e. The molecule has 4 nitrogen and oxygen atoms in total. The summed E-state index contributed by atoms with van der Waals surface area (Å²) in [6.07, 6.45) is 7.60. The first-order valence-electron chi connectivity index (χ1n) is 9.46. The van der Waals surface area contributed by atoms with Gasteiger partial charge in [0.15, 0.2) is 0 Å². The average Bonchev–Trinajstić information content (AvgIpc) is 2.32. The summed E-state index contributed by atoms with van der Waals surface area (Å²) in [6.45, 7) is 9.34. The van der Waals surface area contributed by atoms with Gasteiger partial charge in [-0.15, -0.1) is 0 Å². The lowest BCUT2D eigenvalue weighted by Crippen LogP contribution is -2.60. The molecule has 4 bridgehead atoms. The molecule has 24 heavy (non-hydrogen) atoms. The molecule has 0 spiro atoms. The van der Waals surface area contributed by atoms with Crippen molar-refractivity contribution < 1.29 is 19.1 Å². The van der Waals surface area contributed by atoms with Gasteiger partial charge in [-0.25, -0.2) is 0 Å². The summed E-state index contributed by atoms with van der Waals surface area (Å²) >= 11 is 0. The Hall–Kier alpha value is -1.06. The Kier molecular flexibility index (Phi) is 4.25. The average molecular weight is 336 g/mol. The van der Waals surface area contributed by atoms with Gasteiger partial charge in [-0.05, 0) is 74.0 Å². The van der Waals surface area contributed by atoms with E-state index in [2.05, 4.69) is 13.8 Å². The van der Waals surface area contributed by atoms with Crippen LogP contribution in [0.4, 0.5) is 0 Å². The quantitative estimate of drug-likeness (QED) is 0.680. The predicted octanol–water partition coefficient (Wildman–Crippen LogP) is 4.26. The summed E-state index contributed by atoms with van der Waals surface area (Å²) in [4.78, 5) is 24.5. The molecule has 0 unspecified atom stereocenters. The van der Waals surface area contributed by atoms with Crippen molar-refractivity contribution in [3.63, 3.8) is 0 Å². The maximum atomic E-state index is 12.3. The minimum absolute atomic E-state index is 0.0109. The zero-order valence-corrected chi connectivity index (χ0v) is 15.7. The molecule has 4 aliphatic rings. The second-order valence-electron chi connectivity index (χ2n) is 9.65. The minimum Gasteiger partial charge on any atom is -0.466 e. The van der Waals surface area contributed by atoms with Gasteiger partial charge < -0.3 is 9.47 Å². The van der Waals surface area contributed by atoms with Crippen LogP contribution in [-0.2, 0) is 19.1 Å². The van der Waals surface area contributed by atoms with Crippen molar-refractivity contribution in [1.82, 2.24) is 0 Å². The molecule has 136 valence electrons. The van der Waals surface area contributed by atoms with Crippen LogP contribution >= 0.6 is 0 Å². The Labute approximate surface area is 145 Å². The smallest absolute Gasteiger partial charge is 0.306 e. The number of carbonyl (C=O) groups is 2. The van der Waals surface area contributed by atoms with Crippen molar-refractivity contribution in [2.24, 2.45) is 21.7 Å². The standard InChI is InChI=1S/C20H32O4/c1-5-23-15(21)7-19-10-17(3)9-18(4,11-19)13-20(12-17,14-19)8-16(22)24-6-2/h5-14H2,1-4H3. The van der Waals surface area contributed by atoms with E-state index in [0.717, 1.165) is 32.1 Å². The fourth-order valence-electron chi connectivity index (χ4n) is 7.61. The molecule has 0 radical (unpaired) electrons. The Morgan fingerprint density at radius 3 is 1.42 bits per heavy atom. The summed E-state index contributed by atoms with van der Waals surface area (Å²) in [5.74, 6) is -0.143. The highest BCUT2D eigenvalue weighted by atomic mass is 16.5. The van der Waals surface area contributed by atoms with E-state index in [0.29, 0.717) is 26.1 Å². The fourth-order valence-corrected chi connectivity index (χ4v) is 7.61. The van der Waals surface area contributed by atoms with Gasteiger partial charge in [0.25, 0.3) is 0 Å². The maximum absolute atomic E-state index is 12.3. The van der Waals surface area contributed by atoms with Crippen molar-refractivity contribution in [3.8, 4) is 0 Å². The van der Waals surface area contributed by atoms with Gasteiger partial charge in [0, 0.05) is 0 Å². The van der Waals surface area contributed by atoms with Crippen LogP contribution < -0.4 is 0 Å². The van der Waals surface area contributed by atoms with Crippen LogP contribution in [0.15, 0.2) is 0 Å². The lowest BCUT2D eigenvalue weighted by Gasteiger charge is -2.69. The monoisotopic (exact) mass is 336 g/mol. The number of rotatable bonds is 6. The highest BCUT2D eigenvalue weighted by molar-refractivity contribution is 5.71. The van der Waals surface area contributed by atoms with Crippen LogP contribution in [0, 0.1) is 21.7 Å². The van der Waals surface area contributed by atoms with E-state index < -0.39 is 0 Å². The third-order valence-corrected chi connectivity index (χ3v) is 6.46. The third-order valence-electron chi connectivity index (χ3n) is 6.46. The molecule has 0 amide bonds. The van der Waals surface area contributed by atoms with Gasteiger partial charge in [0.1, 0.15) is 0 Å². The molecular weight excluding hydrogens is 304 g/mol. The van der Waals surface area contributed by atoms with Crippen LogP contribution in [0.25, 0.3) is 0 Å². The molecule has 0 N–H and O–H groups in total. The van der Waals surface area contributed by atoms with Gasteiger partial charge in [0.05, 0.1) is 26.1 Å². The van der Waals surface area contributed by atoms with Gasteiger partial charge in [-0.2, -0.15) is 0 Å². The van der Waals surface area contributed by atoms with Crippen molar-refractivity contribution in [2.45, 2.75) is 79.1 Å². The van der Waals surface area contributed by atoms with E-state index in [4.69, 9.17) is 9.47 Å². The SMILES string of the molecule is CCOC(=O)CC12CC3(C)CC(C)(C1)CC(CC(=O)OCC)(C3)C2. The second-order valence-corrected chi connectivity index (χ2v) is 9.65.